The van der Waals surface area contributed by atoms with Crippen molar-refractivity contribution < 1.29 is 9.59 Å². The Hall–Kier alpha value is -2.37. The second kappa shape index (κ2) is 5.95. The third-order valence-electron chi connectivity index (χ3n) is 3.57. The normalized spacial score (nSPS) is 15.1. The number of hydrogen-bond donors (Lipinski definition) is 1. The summed E-state index contributed by atoms with van der Waals surface area (Å²) in [6, 6.07) is 5.48. The summed E-state index contributed by atoms with van der Waals surface area (Å²) in [4.78, 5) is 24.8. The first-order valence-corrected chi connectivity index (χ1v) is 6.89. The Morgan fingerprint density at radius 3 is 2.67 bits per heavy atom. The zero-order valence-electron chi connectivity index (χ0n) is 12.6. The number of carbonyl (C=O) groups is 2. The Balaban J connectivity index is 2.44. The van der Waals surface area contributed by atoms with Gasteiger partial charge in [-0.1, -0.05) is 19.9 Å². The SMILES string of the molecule is C=NN(C)c1cc(C(C)C)ccc1N1CCC(=O)NC1=O. The molecule has 1 aromatic carbocycles. The average molecular weight is 288 g/mol. The lowest BCUT2D eigenvalue weighted by molar-refractivity contribution is -0.120. The number of carbonyl (C=O) groups excluding carboxylic acids is 2. The molecule has 1 aliphatic rings. The molecule has 1 N–H and O–H groups in total. The molecule has 0 atom stereocenters. The molecule has 0 aromatic heterocycles. The molecule has 0 bridgehead atoms. The molecule has 1 aliphatic heterocycles. The fourth-order valence-electron chi connectivity index (χ4n) is 2.26. The molecule has 0 radical (unpaired) electrons. The maximum atomic E-state index is 12.0. The Morgan fingerprint density at radius 1 is 1.38 bits per heavy atom. The third-order valence-corrected chi connectivity index (χ3v) is 3.57. The summed E-state index contributed by atoms with van der Waals surface area (Å²) >= 11 is 0. The minimum Gasteiger partial charge on any atom is -0.291 e. The maximum Gasteiger partial charge on any atom is 0.328 e. The van der Waals surface area contributed by atoms with Crippen molar-refractivity contribution in [3.05, 3.63) is 23.8 Å². The highest BCUT2D eigenvalue weighted by Gasteiger charge is 2.27. The molecule has 0 saturated carbocycles. The van der Waals surface area contributed by atoms with Crippen LogP contribution in [-0.2, 0) is 4.79 Å². The summed E-state index contributed by atoms with van der Waals surface area (Å²) < 4.78 is 0. The third kappa shape index (κ3) is 3.04. The van der Waals surface area contributed by atoms with Crippen LogP contribution in [0.1, 0.15) is 31.7 Å². The van der Waals surface area contributed by atoms with Gasteiger partial charge in [-0.25, -0.2) is 4.79 Å². The molecule has 1 fully saturated rings. The van der Waals surface area contributed by atoms with Crippen molar-refractivity contribution in [2.75, 3.05) is 23.5 Å². The van der Waals surface area contributed by atoms with Crippen molar-refractivity contribution in [2.24, 2.45) is 5.10 Å². The molecule has 3 amide bonds. The second-order valence-electron chi connectivity index (χ2n) is 5.32. The van der Waals surface area contributed by atoms with Crippen LogP contribution in [0.25, 0.3) is 0 Å². The van der Waals surface area contributed by atoms with Gasteiger partial charge in [-0.15, -0.1) is 0 Å². The Morgan fingerprint density at radius 2 is 2.10 bits per heavy atom. The number of urea groups is 1. The standard InChI is InChI=1S/C15H20N4O2/c1-10(2)11-5-6-12(13(9-11)18(4)16-3)19-8-7-14(20)17-15(19)21/h5-6,9-10H,3,7-8H2,1-2,4H3,(H,17,20,21). The number of imide groups is 1. The predicted octanol–water partition coefficient (Wildman–Crippen LogP) is 2.31. The van der Waals surface area contributed by atoms with Gasteiger partial charge in [0, 0.05) is 26.7 Å². The first-order valence-electron chi connectivity index (χ1n) is 6.89. The van der Waals surface area contributed by atoms with E-state index in [0.29, 0.717) is 18.9 Å². The quantitative estimate of drug-likeness (QED) is 0.683. The van der Waals surface area contributed by atoms with E-state index < -0.39 is 6.03 Å². The predicted molar refractivity (Wildman–Crippen MR) is 84.0 cm³/mol. The van der Waals surface area contributed by atoms with E-state index in [9.17, 15) is 9.59 Å². The first-order chi connectivity index (χ1) is 9.93. The lowest BCUT2D eigenvalue weighted by Gasteiger charge is -2.30. The summed E-state index contributed by atoms with van der Waals surface area (Å²) in [6.07, 6.45) is 0.294. The van der Waals surface area contributed by atoms with Crippen molar-refractivity contribution in [2.45, 2.75) is 26.2 Å². The van der Waals surface area contributed by atoms with Gasteiger partial charge in [0.05, 0.1) is 11.4 Å². The molecular weight excluding hydrogens is 268 g/mol. The molecule has 1 saturated heterocycles. The zero-order chi connectivity index (χ0) is 15.6. The summed E-state index contributed by atoms with van der Waals surface area (Å²) in [7, 11) is 1.78. The van der Waals surface area contributed by atoms with E-state index in [0.717, 1.165) is 16.9 Å². The molecular formula is C15H20N4O2. The van der Waals surface area contributed by atoms with Gasteiger partial charge in [0.1, 0.15) is 0 Å². The molecule has 6 nitrogen and oxygen atoms in total. The van der Waals surface area contributed by atoms with Crippen LogP contribution >= 0.6 is 0 Å². The molecule has 0 aliphatic carbocycles. The number of anilines is 2. The van der Waals surface area contributed by atoms with E-state index >= 15 is 0 Å². The van der Waals surface area contributed by atoms with Gasteiger partial charge in [-0.3, -0.25) is 20.0 Å². The summed E-state index contributed by atoms with van der Waals surface area (Å²) in [5.41, 5.74) is 2.66. The van der Waals surface area contributed by atoms with Gasteiger partial charge in [-0.05, 0) is 23.6 Å². The van der Waals surface area contributed by atoms with Crippen molar-refractivity contribution in [1.29, 1.82) is 0 Å². The molecule has 2 rings (SSSR count). The fraction of sp³-hybridized carbons (Fsp3) is 0.400. The van der Waals surface area contributed by atoms with Crippen molar-refractivity contribution in [1.82, 2.24) is 5.32 Å². The van der Waals surface area contributed by atoms with Crippen LogP contribution in [0.15, 0.2) is 23.3 Å². The molecule has 1 aromatic rings. The van der Waals surface area contributed by atoms with Gasteiger partial charge in [-0.2, -0.15) is 5.10 Å². The van der Waals surface area contributed by atoms with Crippen LogP contribution in [0, 0.1) is 0 Å². The number of hydrazone groups is 1. The lowest BCUT2D eigenvalue weighted by Crippen LogP contribution is -2.49. The molecule has 6 heteroatoms. The van der Waals surface area contributed by atoms with Crippen molar-refractivity contribution in [3.8, 4) is 0 Å². The topological polar surface area (TPSA) is 65.0 Å². The molecule has 1 heterocycles. The zero-order valence-corrected chi connectivity index (χ0v) is 12.6. The number of nitrogens with zero attached hydrogens (tertiary/aromatic N) is 3. The Labute approximate surface area is 124 Å². The maximum absolute atomic E-state index is 12.0. The van der Waals surface area contributed by atoms with Crippen LogP contribution in [0.5, 0.6) is 0 Å². The first kappa shape index (κ1) is 15.0. The van der Waals surface area contributed by atoms with Crippen LogP contribution < -0.4 is 15.2 Å². The Kier molecular flexibility index (Phi) is 4.26. The number of hydrogen-bond acceptors (Lipinski definition) is 4. The highest BCUT2D eigenvalue weighted by Crippen LogP contribution is 2.33. The number of rotatable bonds is 4. The van der Waals surface area contributed by atoms with E-state index in [4.69, 9.17) is 0 Å². The smallest absolute Gasteiger partial charge is 0.291 e. The van der Waals surface area contributed by atoms with Crippen molar-refractivity contribution >= 4 is 30.0 Å². The fourth-order valence-corrected chi connectivity index (χ4v) is 2.26. The van der Waals surface area contributed by atoms with Gasteiger partial charge in [0.2, 0.25) is 5.91 Å². The summed E-state index contributed by atoms with van der Waals surface area (Å²) in [5.74, 6) is 0.125. The Bertz CT molecular complexity index is 583. The van der Waals surface area contributed by atoms with E-state index in [2.05, 4.69) is 31.0 Å². The highest BCUT2D eigenvalue weighted by molar-refractivity contribution is 6.07. The number of nitrogens with one attached hydrogen (secondary N) is 1. The summed E-state index contributed by atoms with van der Waals surface area (Å²) in [5, 5.41) is 7.88. The second-order valence-corrected chi connectivity index (χ2v) is 5.32. The molecule has 112 valence electrons. The molecule has 0 unspecified atom stereocenters. The van der Waals surface area contributed by atoms with Gasteiger partial charge < -0.3 is 0 Å². The van der Waals surface area contributed by atoms with Crippen molar-refractivity contribution in [3.63, 3.8) is 0 Å². The van der Waals surface area contributed by atoms with Gasteiger partial charge >= 0.3 is 6.03 Å². The van der Waals surface area contributed by atoms with Crippen LogP contribution in [0.3, 0.4) is 0 Å². The lowest BCUT2D eigenvalue weighted by atomic mass is 10.0. The highest BCUT2D eigenvalue weighted by atomic mass is 16.2. The van der Waals surface area contributed by atoms with Crippen LogP contribution in [0.2, 0.25) is 0 Å². The van der Waals surface area contributed by atoms with Crippen LogP contribution in [0.4, 0.5) is 16.2 Å². The van der Waals surface area contributed by atoms with E-state index in [-0.39, 0.29) is 5.91 Å². The van der Waals surface area contributed by atoms with E-state index in [1.54, 1.807) is 17.0 Å². The average Bonchev–Trinajstić information content (AvgIpc) is 2.46. The van der Waals surface area contributed by atoms with Gasteiger partial charge in [0.25, 0.3) is 0 Å². The largest absolute Gasteiger partial charge is 0.328 e. The molecule has 0 spiro atoms. The number of amides is 3. The number of benzene rings is 1. The minimum absolute atomic E-state index is 0.244. The minimum atomic E-state index is -0.401. The van der Waals surface area contributed by atoms with Crippen LogP contribution in [-0.4, -0.2) is 32.2 Å². The summed E-state index contributed by atoms with van der Waals surface area (Å²) in [6.45, 7) is 8.10. The van der Waals surface area contributed by atoms with Gasteiger partial charge in [0.15, 0.2) is 0 Å². The monoisotopic (exact) mass is 288 g/mol. The van der Waals surface area contributed by atoms with E-state index in [1.165, 1.54) is 0 Å². The van der Waals surface area contributed by atoms with E-state index in [1.807, 2.05) is 18.2 Å². The molecule has 21 heavy (non-hydrogen) atoms.